The molecule has 0 saturated heterocycles. The zero-order valence-corrected chi connectivity index (χ0v) is 16.6. The summed E-state index contributed by atoms with van der Waals surface area (Å²) in [5.41, 5.74) is 2.11. The van der Waals surface area contributed by atoms with Gasteiger partial charge in [0.2, 0.25) is 5.91 Å². The Labute approximate surface area is 167 Å². The highest BCUT2D eigenvalue weighted by molar-refractivity contribution is 7.17. The number of carbonyl (C=O) groups is 3. The highest BCUT2D eigenvalue weighted by Gasteiger charge is 2.28. The molecule has 3 rings (SSSR count). The number of anilines is 1. The number of amides is 3. The number of hydrogen-bond donors (Lipinski definition) is 2. The fourth-order valence-electron chi connectivity index (χ4n) is 3.17. The lowest BCUT2D eigenvalue weighted by molar-refractivity contribution is -0.115. The Morgan fingerprint density at radius 2 is 1.89 bits per heavy atom. The number of thiophene rings is 1. The van der Waals surface area contributed by atoms with E-state index in [0.29, 0.717) is 17.2 Å². The smallest absolute Gasteiger partial charge is 0.413 e. The molecule has 0 unspecified atom stereocenters. The second-order valence-electron chi connectivity index (χ2n) is 6.31. The number of rotatable bonds is 6. The number of hydrogen-bond acceptors (Lipinski definition) is 6. The number of fused-ring (bicyclic) bond motifs is 1. The molecular formula is C20H22N2O5S. The van der Waals surface area contributed by atoms with Gasteiger partial charge in [-0.05, 0) is 49.4 Å². The quantitative estimate of drug-likeness (QED) is 0.773. The Kier molecular flexibility index (Phi) is 6.30. The number of benzene rings is 1. The van der Waals surface area contributed by atoms with Gasteiger partial charge in [0, 0.05) is 4.88 Å². The van der Waals surface area contributed by atoms with Crippen molar-refractivity contribution in [1.82, 2.24) is 5.32 Å². The molecule has 3 amide bonds. The van der Waals surface area contributed by atoms with Gasteiger partial charge < -0.3 is 14.8 Å². The molecule has 0 atom stereocenters. The van der Waals surface area contributed by atoms with Crippen LogP contribution < -0.4 is 15.4 Å². The Morgan fingerprint density at radius 1 is 1.14 bits per heavy atom. The molecular weight excluding hydrogens is 380 g/mol. The molecule has 1 heterocycles. The van der Waals surface area contributed by atoms with E-state index in [-0.39, 0.29) is 12.3 Å². The predicted octanol–water partition coefficient (Wildman–Crippen LogP) is 3.31. The first-order valence-electron chi connectivity index (χ1n) is 9.07. The highest BCUT2D eigenvalue weighted by Crippen LogP contribution is 2.39. The Hall–Kier alpha value is -2.87. The van der Waals surface area contributed by atoms with Gasteiger partial charge in [-0.15, -0.1) is 11.3 Å². The molecule has 1 aliphatic carbocycles. The van der Waals surface area contributed by atoms with Crippen LogP contribution in [0.15, 0.2) is 24.3 Å². The van der Waals surface area contributed by atoms with Crippen molar-refractivity contribution in [1.29, 1.82) is 0 Å². The van der Waals surface area contributed by atoms with Gasteiger partial charge in [0.05, 0.1) is 25.7 Å². The minimum atomic E-state index is -0.824. The van der Waals surface area contributed by atoms with E-state index in [1.165, 1.54) is 18.4 Å². The lowest BCUT2D eigenvalue weighted by atomic mass is 10.1. The molecule has 0 spiro atoms. The number of nitrogens with one attached hydrogen (secondary N) is 2. The summed E-state index contributed by atoms with van der Waals surface area (Å²) in [4.78, 5) is 37.5. The van der Waals surface area contributed by atoms with E-state index in [4.69, 9.17) is 4.74 Å². The number of methoxy groups -OCH3 is 1. The van der Waals surface area contributed by atoms with Gasteiger partial charge >= 0.3 is 6.09 Å². The second kappa shape index (κ2) is 8.88. The van der Waals surface area contributed by atoms with Crippen molar-refractivity contribution in [3.8, 4) is 5.75 Å². The van der Waals surface area contributed by atoms with Crippen LogP contribution in [-0.4, -0.2) is 31.6 Å². The van der Waals surface area contributed by atoms with Crippen LogP contribution >= 0.6 is 11.3 Å². The van der Waals surface area contributed by atoms with E-state index >= 15 is 0 Å². The molecule has 7 nitrogen and oxygen atoms in total. The Balaban J connectivity index is 1.73. The van der Waals surface area contributed by atoms with Gasteiger partial charge in [0.15, 0.2) is 0 Å². The van der Waals surface area contributed by atoms with Crippen LogP contribution in [0.4, 0.5) is 9.80 Å². The molecule has 2 aromatic rings. The molecule has 0 fully saturated rings. The minimum Gasteiger partial charge on any atom is -0.494 e. The molecule has 0 bridgehead atoms. The lowest BCUT2D eigenvalue weighted by Crippen LogP contribution is -2.31. The molecule has 1 aliphatic rings. The van der Waals surface area contributed by atoms with Crippen LogP contribution in [0.25, 0.3) is 0 Å². The first-order valence-corrected chi connectivity index (χ1v) is 9.88. The van der Waals surface area contributed by atoms with E-state index in [0.717, 1.165) is 41.0 Å². The average molecular weight is 402 g/mol. The SMILES string of the molecule is CCOc1ccc(CC(=O)Nc2sc3c(c2C(=O)NC(=O)OC)CCC3)cc1. The molecule has 1 aromatic heterocycles. The predicted molar refractivity (Wildman–Crippen MR) is 106 cm³/mol. The molecule has 1 aromatic carbocycles. The van der Waals surface area contributed by atoms with Crippen molar-refractivity contribution in [2.75, 3.05) is 19.0 Å². The molecule has 148 valence electrons. The van der Waals surface area contributed by atoms with Crippen LogP contribution in [-0.2, 0) is 28.8 Å². The number of aryl methyl sites for hydroxylation is 1. The van der Waals surface area contributed by atoms with Crippen molar-refractivity contribution in [2.45, 2.75) is 32.6 Å². The van der Waals surface area contributed by atoms with Crippen molar-refractivity contribution in [3.05, 3.63) is 45.8 Å². The van der Waals surface area contributed by atoms with E-state index in [9.17, 15) is 14.4 Å². The molecule has 2 N–H and O–H groups in total. The van der Waals surface area contributed by atoms with Gasteiger partial charge in [0.25, 0.3) is 5.91 Å². The molecule has 0 saturated carbocycles. The van der Waals surface area contributed by atoms with Gasteiger partial charge in [0.1, 0.15) is 10.8 Å². The van der Waals surface area contributed by atoms with Crippen LogP contribution in [0, 0.1) is 0 Å². The van der Waals surface area contributed by atoms with E-state index in [1.807, 2.05) is 31.2 Å². The van der Waals surface area contributed by atoms with E-state index < -0.39 is 12.0 Å². The zero-order valence-electron chi connectivity index (χ0n) is 15.8. The van der Waals surface area contributed by atoms with Crippen LogP contribution in [0.1, 0.15) is 39.7 Å². The van der Waals surface area contributed by atoms with Gasteiger partial charge in [-0.25, -0.2) is 4.79 Å². The number of ether oxygens (including phenoxy) is 2. The number of alkyl carbamates (subject to hydrolysis) is 1. The number of carbonyl (C=O) groups excluding carboxylic acids is 3. The summed E-state index contributed by atoms with van der Waals surface area (Å²) in [7, 11) is 1.19. The van der Waals surface area contributed by atoms with E-state index in [1.54, 1.807) is 0 Å². The van der Waals surface area contributed by atoms with Crippen LogP contribution in [0.5, 0.6) is 5.75 Å². The van der Waals surface area contributed by atoms with Gasteiger partial charge in [-0.3, -0.25) is 14.9 Å². The first kappa shape index (κ1) is 19.9. The molecule has 0 radical (unpaired) electrons. The summed E-state index contributed by atoms with van der Waals surface area (Å²) < 4.78 is 9.90. The largest absolute Gasteiger partial charge is 0.494 e. The zero-order chi connectivity index (χ0) is 20.1. The third-order valence-corrected chi connectivity index (χ3v) is 5.61. The average Bonchev–Trinajstić information content (AvgIpc) is 3.23. The maximum atomic E-state index is 12.5. The van der Waals surface area contributed by atoms with Crippen molar-refractivity contribution in [2.24, 2.45) is 0 Å². The topological polar surface area (TPSA) is 93.7 Å². The molecule has 28 heavy (non-hydrogen) atoms. The van der Waals surface area contributed by atoms with Crippen molar-refractivity contribution < 1.29 is 23.9 Å². The molecule has 8 heteroatoms. The summed E-state index contributed by atoms with van der Waals surface area (Å²) in [5.74, 6) is -0.0260. The minimum absolute atomic E-state index is 0.174. The van der Waals surface area contributed by atoms with Gasteiger partial charge in [-0.1, -0.05) is 12.1 Å². The normalized spacial score (nSPS) is 12.2. The third-order valence-electron chi connectivity index (χ3n) is 4.40. The summed E-state index contributed by atoms with van der Waals surface area (Å²) in [5, 5.41) is 5.49. The Bertz CT molecular complexity index is 889. The second-order valence-corrected chi connectivity index (χ2v) is 7.41. The maximum Gasteiger partial charge on any atom is 0.413 e. The standard InChI is InChI=1S/C20H22N2O5S/c1-3-27-13-9-7-12(8-10-13)11-16(23)21-19-17(18(24)22-20(25)26-2)14-5-4-6-15(14)28-19/h7-10H,3-6,11H2,1-2H3,(H,21,23)(H,22,24,25). The van der Waals surface area contributed by atoms with Crippen LogP contribution in [0.2, 0.25) is 0 Å². The van der Waals surface area contributed by atoms with Crippen molar-refractivity contribution >= 4 is 34.2 Å². The van der Waals surface area contributed by atoms with Crippen LogP contribution in [0.3, 0.4) is 0 Å². The maximum absolute atomic E-state index is 12.5. The van der Waals surface area contributed by atoms with E-state index in [2.05, 4.69) is 15.4 Å². The number of imide groups is 1. The lowest BCUT2D eigenvalue weighted by Gasteiger charge is -2.09. The summed E-state index contributed by atoms with van der Waals surface area (Å²) in [6.07, 6.45) is 1.93. The summed E-state index contributed by atoms with van der Waals surface area (Å²) >= 11 is 1.39. The molecule has 0 aliphatic heterocycles. The Morgan fingerprint density at radius 3 is 2.57 bits per heavy atom. The van der Waals surface area contributed by atoms with Crippen molar-refractivity contribution in [3.63, 3.8) is 0 Å². The first-order chi connectivity index (χ1) is 13.5. The fraction of sp³-hybridized carbons (Fsp3) is 0.350. The third kappa shape index (κ3) is 4.51. The summed E-state index contributed by atoms with van der Waals surface area (Å²) in [6.45, 7) is 2.49. The summed E-state index contributed by atoms with van der Waals surface area (Å²) in [6, 6.07) is 7.32. The monoisotopic (exact) mass is 402 g/mol. The highest BCUT2D eigenvalue weighted by atomic mass is 32.1. The fourth-order valence-corrected chi connectivity index (χ4v) is 4.47. The van der Waals surface area contributed by atoms with Gasteiger partial charge in [-0.2, -0.15) is 0 Å².